The SMILES string of the molecule is COc1c(C)[c]ccc1N1CCc2c(nn(C)c2-c2c(C(F)(F)F)nn(C)c2C)[C@@H]1C. The van der Waals surface area contributed by atoms with E-state index in [1.165, 1.54) is 11.7 Å². The van der Waals surface area contributed by atoms with E-state index < -0.39 is 11.9 Å². The Balaban J connectivity index is 1.85. The number of methoxy groups -OCH3 is 1. The van der Waals surface area contributed by atoms with Crippen LogP contribution < -0.4 is 9.64 Å². The molecule has 0 bridgehead atoms. The molecule has 9 heteroatoms. The van der Waals surface area contributed by atoms with Crippen LogP contribution >= 0.6 is 0 Å². The Labute approximate surface area is 179 Å². The molecule has 4 rings (SSSR count). The van der Waals surface area contributed by atoms with Gasteiger partial charge in [0, 0.05) is 37.5 Å². The quantitative estimate of drug-likeness (QED) is 0.616. The number of aryl methyl sites for hydroxylation is 3. The number of benzene rings is 1. The normalized spacial score (nSPS) is 16.5. The Morgan fingerprint density at radius 2 is 1.87 bits per heavy atom. The number of nitrogens with zero attached hydrogens (tertiary/aromatic N) is 5. The minimum atomic E-state index is -4.55. The molecule has 0 saturated heterocycles. The lowest BCUT2D eigenvalue weighted by Crippen LogP contribution is -2.34. The first-order chi connectivity index (χ1) is 14.6. The van der Waals surface area contributed by atoms with Gasteiger partial charge in [-0.25, -0.2) is 0 Å². The molecule has 1 aliphatic rings. The van der Waals surface area contributed by atoms with Crippen molar-refractivity contribution in [3.63, 3.8) is 0 Å². The van der Waals surface area contributed by atoms with Gasteiger partial charge in [0.15, 0.2) is 5.69 Å². The first kappa shape index (κ1) is 21.3. The fourth-order valence-corrected chi connectivity index (χ4v) is 4.54. The molecule has 1 aromatic carbocycles. The predicted octanol–water partition coefficient (Wildman–Crippen LogP) is 4.39. The highest BCUT2D eigenvalue weighted by atomic mass is 19.4. The van der Waals surface area contributed by atoms with Crippen LogP contribution in [0.15, 0.2) is 12.1 Å². The Bertz CT molecular complexity index is 1150. The molecule has 0 spiro atoms. The summed E-state index contributed by atoms with van der Waals surface area (Å²) in [5.74, 6) is 0.747. The van der Waals surface area contributed by atoms with Crippen LogP contribution in [-0.2, 0) is 26.7 Å². The van der Waals surface area contributed by atoms with Crippen molar-refractivity contribution < 1.29 is 17.9 Å². The highest BCUT2D eigenvalue weighted by Gasteiger charge is 2.41. The molecule has 0 saturated carbocycles. The Morgan fingerprint density at radius 1 is 1.16 bits per heavy atom. The molecular weight excluding hydrogens is 407 g/mol. The molecule has 1 aliphatic heterocycles. The third-order valence-corrected chi connectivity index (χ3v) is 6.11. The summed E-state index contributed by atoms with van der Waals surface area (Å²) in [5.41, 5.74) is 3.63. The largest absolute Gasteiger partial charge is 0.494 e. The van der Waals surface area contributed by atoms with E-state index in [4.69, 9.17) is 4.74 Å². The topological polar surface area (TPSA) is 48.1 Å². The van der Waals surface area contributed by atoms with E-state index >= 15 is 0 Å². The zero-order chi connectivity index (χ0) is 22.7. The van der Waals surface area contributed by atoms with Gasteiger partial charge in [0.1, 0.15) is 5.75 Å². The molecular formula is C22H25F3N5O. The number of aromatic nitrogens is 4. The van der Waals surface area contributed by atoms with Crippen LogP contribution in [0.5, 0.6) is 5.75 Å². The van der Waals surface area contributed by atoms with Crippen LogP contribution in [0.4, 0.5) is 18.9 Å². The average Bonchev–Trinajstić information content (AvgIpc) is 3.18. The molecule has 3 aromatic rings. The summed E-state index contributed by atoms with van der Waals surface area (Å²) >= 11 is 0. The van der Waals surface area contributed by atoms with Gasteiger partial charge in [0.05, 0.1) is 35.8 Å². The summed E-state index contributed by atoms with van der Waals surface area (Å²) in [7, 11) is 4.85. The Kier molecular flexibility index (Phi) is 5.02. The van der Waals surface area contributed by atoms with Crippen LogP contribution in [0.25, 0.3) is 11.3 Å². The van der Waals surface area contributed by atoms with Gasteiger partial charge in [-0.05, 0) is 39.3 Å². The molecule has 1 radical (unpaired) electrons. The minimum Gasteiger partial charge on any atom is -0.494 e. The summed E-state index contributed by atoms with van der Waals surface area (Å²) in [6.45, 7) is 6.24. The first-order valence-corrected chi connectivity index (χ1v) is 10.0. The number of halogens is 3. The van der Waals surface area contributed by atoms with Crippen LogP contribution in [0.2, 0.25) is 0 Å². The number of rotatable bonds is 3. The van der Waals surface area contributed by atoms with Crippen molar-refractivity contribution in [2.45, 2.75) is 39.4 Å². The summed E-state index contributed by atoms with van der Waals surface area (Å²) in [6.07, 6.45) is -3.98. The second kappa shape index (κ2) is 7.32. The fraction of sp³-hybridized carbons (Fsp3) is 0.455. The second-order valence-electron chi connectivity index (χ2n) is 7.91. The molecule has 0 fully saturated rings. The summed E-state index contributed by atoms with van der Waals surface area (Å²) in [5, 5.41) is 8.42. The highest BCUT2D eigenvalue weighted by molar-refractivity contribution is 5.72. The van der Waals surface area contributed by atoms with Gasteiger partial charge in [-0.3, -0.25) is 9.36 Å². The van der Waals surface area contributed by atoms with E-state index in [1.807, 2.05) is 26.0 Å². The predicted molar refractivity (Wildman–Crippen MR) is 111 cm³/mol. The number of hydrogen-bond acceptors (Lipinski definition) is 4. The summed E-state index contributed by atoms with van der Waals surface area (Å²) < 4.78 is 49.7. The zero-order valence-corrected chi connectivity index (χ0v) is 18.4. The molecule has 6 nitrogen and oxygen atoms in total. The van der Waals surface area contributed by atoms with E-state index in [9.17, 15) is 13.2 Å². The van der Waals surface area contributed by atoms with Gasteiger partial charge in [-0.1, -0.05) is 6.07 Å². The molecule has 165 valence electrons. The summed E-state index contributed by atoms with van der Waals surface area (Å²) in [4.78, 5) is 2.18. The van der Waals surface area contributed by atoms with Crippen LogP contribution in [-0.4, -0.2) is 33.2 Å². The monoisotopic (exact) mass is 432 g/mol. The molecule has 1 atom stereocenters. The van der Waals surface area contributed by atoms with Gasteiger partial charge in [0.25, 0.3) is 0 Å². The Morgan fingerprint density at radius 3 is 2.52 bits per heavy atom. The molecule has 0 N–H and O–H groups in total. The van der Waals surface area contributed by atoms with Crippen molar-refractivity contribution in [2.24, 2.45) is 14.1 Å². The van der Waals surface area contributed by atoms with Gasteiger partial charge < -0.3 is 9.64 Å². The van der Waals surface area contributed by atoms with Crippen molar-refractivity contribution in [3.05, 3.63) is 46.4 Å². The van der Waals surface area contributed by atoms with Crippen LogP contribution in [0, 0.1) is 19.9 Å². The van der Waals surface area contributed by atoms with Gasteiger partial charge in [-0.15, -0.1) is 0 Å². The van der Waals surface area contributed by atoms with Crippen molar-refractivity contribution in [2.75, 3.05) is 18.6 Å². The average molecular weight is 432 g/mol. The Hall–Kier alpha value is -2.97. The van der Waals surface area contributed by atoms with E-state index in [0.29, 0.717) is 24.4 Å². The van der Waals surface area contributed by atoms with E-state index in [-0.39, 0.29) is 11.6 Å². The maximum absolute atomic E-state index is 13.7. The molecule has 2 aromatic heterocycles. The van der Waals surface area contributed by atoms with Crippen molar-refractivity contribution >= 4 is 5.69 Å². The molecule has 0 aliphatic carbocycles. The third kappa shape index (κ3) is 3.26. The second-order valence-corrected chi connectivity index (χ2v) is 7.91. The van der Waals surface area contributed by atoms with Gasteiger partial charge in [-0.2, -0.15) is 23.4 Å². The number of ether oxygens (including phenoxy) is 1. The maximum atomic E-state index is 13.7. The first-order valence-electron chi connectivity index (χ1n) is 10.0. The number of fused-ring (bicyclic) bond motifs is 1. The third-order valence-electron chi connectivity index (χ3n) is 6.11. The van der Waals surface area contributed by atoms with E-state index in [1.54, 1.807) is 25.8 Å². The molecule has 3 heterocycles. The lowest BCUT2D eigenvalue weighted by atomic mass is 9.94. The minimum absolute atomic E-state index is 0.106. The number of anilines is 1. The maximum Gasteiger partial charge on any atom is 0.435 e. The van der Waals surface area contributed by atoms with Gasteiger partial charge in [0.2, 0.25) is 0 Å². The molecule has 0 unspecified atom stereocenters. The van der Waals surface area contributed by atoms with Crippen molar-refractivity contribution in [1.29, 1.82) is 0 Å². The van der Waals surface area contributed by atoms with E-state index in [2.05, 4.69) is 21.2 Å². The van der Waals surface area contributed by atoms with Crippen LogP contribution in [0.3, 0.4) is 0 Å². The van der Waals surface area contributed by atoms with E-state index in [0.717, 1.165) is 28.3 Å². The molecule has 0 amide bonds. The lowest BCUT2D eigenvalue weighted by Gasteiger charge is -2.36. The van der Waals surface area contributed by atoms with Crippen molar-refractivity contribution in [3.8, 4) is 17.0 Å². The lowest BCUT2D eigenvalue weighted by molar-refractivity contribution is -0.141. The van der Waals surface area contributed by atoms with Gasteiger partial charge >= 0.3 is 6.18 Å². The fourth-order valence-electron chi connectivity index (χ4n) is 4.54. The van der Waals surface area contributed by atoms with Crippen LogP contribution in [0.1, 0.15) is 41.2 Å². The standard InChI is InChI=1S/C22H25F3N5O/c1-12-8-7-9-16(20(12)31-6)30-11-10-15-18(14(30)3)26-29(5)19(15)17-13(2)28(4)27-21(17)22(23,24)25/h7,9,14H,10-11H2,1-6H3/t14-/m0/s1. The highest BCUT2D eigenvalue weighted by Crippen LogP contribution is 2.44. The summed E-state index contributed by atoms with van der Waals surface area (Å²) in [6, 6.07) is 6.81. The number of alkyl halides is 3. The zero-order valence-electron chi connectivity index (χ0n) is 18.4. The van der Waals surface area contributed by atoms with Crippen molar-refractivity contribution in [1.82, 2.24) is 19.6 Å². The number of hydrogen-bond donors (Lipinski definition) is 0. The molecule has 31 heavy (non-hydrogen) atoms. The smallest absolute Gasteiger partial charge is 0.435 e.